The number of hydrogen-bond donors (Lipinski definition) is 0. The molecule has 0 atom stereocenters. The summed E-state index contributed by atoms with van der Waals surface area (Å²) in [7, 11) is 0. The van der Waals surface area contributed by atoms with Crippen LogP contribution in [0.1, 0.15) is 11.1 Å². The predicted octanol–water partition coefficient (Wildman–Crippen LogP) is 4.94. The number of esters is 1. The summed E-state index contributed by atoms with van der Waals surface area (Å²) in [6.07, 6.45) is 1.30. The Balaban J connectivity index is 1.97. The third-order valence-corrected chi connectivity index (χ3v) is 3.76. The quantitative estimate of drug-likeness (QED) is 0.554. The van der Waals surface area contributed by atoms with Gasteiger partial charge in [-0.3, -0.25) is 0 Å². The molecule has 0 aliphatic carbocycles. The zero-order valence-corrected chi connectivity index (χ0v) is 13.9. The van der Waals surface area contributed by atoms with Gasteiger partial charge in [0.2, 0.25) is 5.90 Å². The maximum Gasteiger partial charge on any atom is 0.387 e. The summed E-state index contributed by atoms with van der Waals surface area (Å²) in [6.45, 7) is -2.98. The number of halogens is 4. The fourth-order valence-corrected chi connectivity index (χ4v) is 2.63. The number of aliphatic imine (C=N–C) groups is 1. The van der Waals surface area contributed by atoms with Crippen molar-refractivity contribution in [1.82, 2.24) is 0 Å². The Morgan fingerprint density at radius 2 is 1.92 bits per heavy atom. The van der Waals surface area contributed by atoms with Crippen molar-refractivity contribution < 1.29 is 23.0 Å². The van der Waals surface area contributed by atoms with E-state index in [0.29, 0.717) is 10.6 Å². The lowest BCUT2D eigenvalue weighted by molar-refractivity contribution is -0.129. The lowest BCUT2D eigenvalue weighted by Gasteiger charge is -2.07. The minimum absolute atomic E-state index is 0.00479. The minimum atomic E-state index is -2.98. The molecule has 128 valence electrons. The Morgan fingerprint density at radius 3 is 2.64 bits per heavy atom. The summed E-state index contributed by atoms with van der Waals surface area (Å²) < 4.78 is 34.4. The van der Waals surface area contributed by atoms with Crippen molar-refractivity contribution in [3.05, 3.63) is 69.3 Å². The Hall–Kier alpha value is -2.44. The number of cyclic esters (lactones) is 1. The number of benzene rings is 2. The lowest BCUT2D eigenvalue weighted by atomic mass is 10.1. The van der Waals surface area contributed by atoms with E-state index in [0.717, 1.165) is 0 Å². The zero-order chi connectivity index (χ0) is 18.0. The van der Waals surface area contributed by atoms with Crippen molar-refractivity contribution in [2.24, 2.45) is 4.99 Å². The van der Waals surface area contributed by atoms with Crippen LogP contribution in [-0.4, -0.2) is 18.5 Å². The number of alkyl halides is 2. The Labute approximate surface area is 151 Å². The molecule has 2 aromatic carbocycles. The van der Waals surface area contributed by atoms with Crippen LogP contribution in [0.15, 0.2) is 53.2 Å². The van der Waals surface area contributed by atoms with E-state index in [1.54, 1.807) is 18.2 Å². The van der Waals surface area contributed by atoms with Crippen LogP contribution in [0.4, 0.5) is 8.78 Å². The van der Waals surface area contributed by atoms with Crippen LogP contribution in [0.25, 0.3) is 6.08 Å². The highest BCUT2D eigenvalue weighted by molar-refractivity contribution is 6.37. The molecule has 0 aromatic heterocycles. The van der Waals surface area contributed by atoms with Crippen LogP contribution in [-0.2, 0) is 9.53 Å². The summed E-state index contributed by atoms with van der Waals surface area (Å²) in [5, 5.41) is 0.689. The predicted molar refractivity (Wildman–Crippen MR) is 90.1 cm³/mol. The monoisotopic (exact) mass is 383 g/mol. The highest BCUT2D eigenvalue weighted by Gasteiger charge is 2.26. The number of ether oxygens (including phenoxy) is 2. The highest BCUT2D eigenvalue weighted by atomic mass is 35.5. The molecular formula is C17H9Cl2F2NO3. The second kappa shape index (κ2) is 7.21. The maximum atomic E-state index is 12.5. The van der Waals surface area contributed by atoms with Crippen molar-refractivity contribution in [3.8, 4) is 5.75 Å². The molecule has 8 heteroatoms. The third-order valence-electron chi connectivity index (χ3n) is 3.21. The normalized spacial score (nSPS) is 15.5. The molecule has 0 fully saturated rings. The first-order valence-electron chi connectivity index (χ1n) is 6.96. The van der Waals surface area contributed by atoms with Gasteiger partial charge in [0.05, 0.1) is 10.6 Å². The molecule has 0 spiro atoms. The van der Waals surface area contributed by atoms with Gasteiger partial charge >= 0.3 is 12.6 Å². The van der Waals surface area contributed by atoms with Gasteiger partial charge in [0.1, 0.15) is 5.75 Å². The van der Waals surface area contributed by atoms with E-state index in [-0.39, 0.29) is 27.9 Å². The second-order valence-electron chi connectivity index (χ2n) is 4.88. The lowest BCUT2D eigenvalue weighted by Crippen LogP contribution is -2.06. The van der Waals surface area contributed by atoms with Crippen molar-refractivity contribution in [2.75, 3.05) is 0 Å². The molecule has 0 saturated carbocycles. The van der Waals surface area contributed by atoms with Crippen LogP contribution in [0.3, 0.4) is 0 Å². The van der Waals surface area contributed by atoms with Crippen molar-refractivity contribution in [3.63, 3.8) is 0 Å². The van der Waals surface area contributed by atoms with E-state index in [2.05, 4.69) is 9.73 Å². The van der Waals surface area contributed by atoms with Crippen LogP contribution in [0.5, 0.6) is 5.75 Å². The van der Waals surface area contributed by atoms with Crippen LogP contribution in [0.2, 0.25) is 10.0 Å². The summed E-state index contributed by atoms with van der Waals surface area (Å²) in [5.41, 5.74) is 0.591. The molecule has 1 heterocycles. The fraction of sp³-hybridized carbons (Fsp3) is 0.0588. The molecule has 4 nitrogen and oxygen atoms in total. The molecule has 0 N–H and O–H groups in total. The van der Waals surface area contributed by atoms with E-state index in [4.69, 9.17) is 27.9 Å². The molecule has 0 unspecified atom stereocenters. The van der Waals surface area contributed by atoms with E-state index in [1.165, 1.54) is 30.3 Å². The van der Waals surface area contributed by atoms with Crippen molar-refractivity contribution >= 4 is 41.1 Å². The summed E-state index contributed by atoms with van der Waals surface area (Å²) >= 11 is 11.9. The molecule has 3 rings (SSSR count). The first kappa shape index (κ1) is 17.4. The number of hydrogen-bond acceptors (Lipinski definition) is 4. The standard InChI is InChI=1S/C17H9Cl2F2NO3/c18-10-5-6-11(12(19)8-10)15-22-13(16(23)25-15)7-9-3-1-2-4-14(9)24-17(20)21/h1-8,17H/b13-7+. The van der Waals surface area contributed by atoms with Gasteiger partial charge in [-0.25, -0.2) is 9.79 Å². The average Bonchev–Trinajstić information content (AvgIpc) is 2.89. The SMILES string of the molecule is O=C1OC(c2ccc(Cl)cc2Cl)=N/C1=C/c1ccccc1OC(F)F. The number of carbonyl (C=O) groups is 1. The zero-order valence-electron chi connectivity index (χ0n) is 12.4. The van der Waals surface area contributed by atoms with Crippen molar-refractivity contribution in [1.29, 1.82) is 0 Å². The van der Waals surface area contributed by atoms with E-state index < -0.39 is 12.6 Å². The number of nitrogens with zero attached hydrogens (tertiary/aromatic N) is 1. The molecule has 25 heavy (non-hydrogen) atoms. The molecule has 0 bridgehead atoms. The number of carbonyl (C=O) groups excluding carboxylic acids is 1. The topological polar surface area (TPSA) is 47.9 Å². The number of rotatable bonds is 4. The van der Waals surface area contributed by atoms with Gasteiger partial charge in [-0.15, -0.1) is 0 Å². The van der Waals surface area contributed by atoms with Crippen molar-refractivity contribution in [2.45, 2.75) is 6.61 Å². The highest BCUT2D eigenvalue weighted by Crippen LogP contribution is 2.28. The average molecular weight is 384 g/mol. The van der Waals surface area contributed by atoms with Crippen LogP contribution in [0, 0.1) is 0 Å². The smallest absolute Gasteiger partial charge is 0.387 e. The Kier molecular flexibility index (Phi) is 5.01. The Morgan fingerprint density at radius 1 is 1.16 bits per heavy atom. The largest absolute Gasteiger partial charge is 0.434 e. The molecule has 2 aromatic rings. The van der Waals surface area contributed by atoms with Gasteiger partial charge in [-0.1, -0.05) is 41.4 Å². The maximum absolute atomic E-state index is 12.5. The molecule has 0 radical (unpaired) electrons. The van der Waals surface area contributed by atoms with Gasteiger partial charge < -0.3 is 9.47 Å². The van der Waals surface area contributed by atoms with E-state index in [1.807, 2.05) is 0 Å². The summed E-state index contributed by atoms with van der Waals surface area (Å²) in [4.78, 5) is 16.1. The second-order valence-corrected chi connectivity index (χ2v) is 5.72. The summed E-state index contributed by atoms with van der Waals surface area (Å²) in [6, 6.07) is 10.7. The van der Waals surface area contributed by atoms with Crippen LogP contribution >= 0.6 is 23.2 Å². The van der Waals surface area contributed by atoms with E-state index in [9.17, 15) is 13.6 Å². The van der Waals surface area contributed by atoms with Gasteiger partial charge in [0.15, 0.2) is 5.70 Å². The Bertz CT molecular complexity index is 897. The summed E-state index contributed by atoms with van der Waals surface area (Å²) in [5.74, 6) is -0.802. The van der Waals surface area contributed by atoms with E-state index >= 15 is 0 Å². The van der Waals surface area contributed by atoms with Gasteiger partial charge in [0, 0.05) is 10.6 Å². The van der Waals surface area contributed by atoms with Gasteiger partial charge in [-0.05, 0) is 30.3 Å². The number of para-hydroxylation sites is 1. The molecule has 0 amide bonds. The van der Waals surface area contributed by atoms with Gasteiger partial charge in [-0.2, -0.15) is 8.78 Å². The molecule has 1 aliphatic rings. The molecule has 1 aliphatic heterocycles. The molecule has 0 saturated heterocycles. The van der Waals surface area contributed by atoms with Gasteiger partial charge in [0.25, 0.3) is 0 Å². The van der Waals surface area contributed by atoms with Crippen LogP contribution < -0.4 is 4.74 Å². The first-order chi connectivity index (χ1) is 11.9. The molecular weight excluding hydrogens is 375 g/mol. The minimum Gasteiger partial charge on any atom is -0.434 e. The fourth-order valence-electron chi connectivity index (χ4n) is 2.14. The third kappa shape index (κ3) is 3.97. The first-order valence-corrected chi connectivity index (χ1v) is 7.71.